The molecule has 0 aliphatic carbocycles. The fraction of sp³-hybridized carbons (Fsp3) is 0. The van der Waals surface area contributed by atoms with E-state index in [0.717, 1.165) is 11.5 Å². The number of hydrogen-bond donors (Lipinski definition) is 2. The highest BCUT2D eigenvalue weighted by Crippen LogP contribution is 2.14. The predicted molar refractivity (Wildman–Crippen MR) is 53.3 cm³/mol. The Morgan fingerprint density at radius 1 is 1.31 bits per heavy atom. The van der Waals surface area contributed by atoms with Crippen molar-refractivity contribution in [2.75, 3.05) is 5.32 Å². The van der Waals surface area contributed by atoms with Gasteiger partial charge in [0.25, 0.3) is 0 Å². The highest BCUT2D eigenvalue weighted by Gasteiger charge is 1.94. The number of rotatable bonds is 2. The first kappa shape index (κ1) is 8.13. The zero-order valence-electron chi connectivity index (χ0n) is 6.79. The minimum Gasteiger partial charge on any atom is -0.348 e. The summed E-state index contributed by atoms with van der Waals surface area (Å²) in [6.07, 6.45) is 3.54. The molecule has 13 heavy (non-hydrogen) atoms. The summed E-state index contributed by atoms with van der Waals surface area (Å²) in [5.41, 5.74) is 0.909. The standard InChI is InChI=1S/C9H8ClN3/c10-8-4-3-7(6-12-8)13-9-2-1-5-11-9/h1-6,11,13H. The molecule has 2 rings (SSSR count). The van der Waals surface area contributed by atoms with Gasteiger partial charge in [-0.25, -0.2) is 4.98 Å². The highest BCUT2D eigenvalue weighted by atomic mass is 35.5. The van der Waals surface area contributed by atoms with Crippen LogP contribution in [0.3, 0.4) is 0 Å². The quantitative estimate of drug-likeness (QED) is 0.721. The second kappa shape index (κ2) is 3.49. The van der Waals surface area contributed by atoms with Gasteiger partial charge in [-0.2, -0.15) is 0 Å². The third-order valence-electron chi connectivity index (χ3n) is 1.60. The molecule has 0 radical (unpaired) electrons. The van der Waals surface area contributed by atoms with Crippen molar-refractivity contribution < 1.29 is 0 Å². The van der Waals surface area contributed by atoms with Crippen molar-refractivity contribution in [2.24, 2.45) is 0 Å². The first-order valence-corrected chi connectivity index (χ1v) is 4.24. The molecule has 2 heterocycles. The average Bonchev–Trinajstić information content (AvgIpc) is 2.62. The maximum absolute atomic E-state index is 5.65. The molecule has 0 saturated carbocycles. The Hall–Kier alpha value is -1.48. The van der Waals surface area contributed by atoms with Crippen LogP contribution < -0.4 is 5.32 Å². The molecule has 0 saturated heterocycles. The van der Waals surface area contributed by atoms with Crippen molar-refractivity contribution in [1.29, 1.82) is 0 Å². The van der Waals surface area contributed by atoms with E-state index in [9.17, 15) is 0 Å². The van der Waals surface area contributed by atoms with Crippen molar-refractivity contribution in [3.05, 3.63) is 41.8 Å². The minimum absolute atomic E-state index is 0.497. The van der Waals surface area contributed by atoms with Crippen LogP contribution in [0.4, 0.5) is 11.5 Å². The third-order valence-corrected chi connectivity index (χ3v) is 1.83. The van der Waals surface area contributed by atoms with E-state index in [1.807, 2.05) is 24.4 Å². The van der Waals surface area contributed by atoms with Gasteiger partial charge in [0.05, 0.1) is 11.9 Å². The molecule has 0 bridgehead atoms. The Morgan fingerprint density at radius 3 is 2.85 bits per heavy atom. The van der Waals surface area contributed by atoms with E-state index in [1.165, 1.54) is 0 Å². The first-order valence-electron chi connectivity index (χ1n) is 3.86. The van der Waals surface area contributed by atoms with E-state index in [4.69, 9.17) is 11.6 Å². The van der Waals surface area contributed by atoms with Crippen LogP contribution in [0, 0.1) is 0 Å². The topological polar surface area (TPSA) is 40.7 Å². The van der Waals surface area contributed by atoms with Crippen LogP contribution >= 0.6 is 11.6 Å². The Kier molecular flexibility index (Phi) is 2.19. The fourth-order valence-electron chi connectivity index (χ4n) is 1.01. The first-order chi connectivity index (χ1) is 6.34. The molecule has 4 heteroatoms. The molecular formula is C9H8ClN3. The lowest BCUT2D eigenvalue weighted by Crippen LogP contribution is -1.90. The summed E-state index contributed by atoms with van der Waals surface area (Å²) in [5.74, 6) is 0.934. The van der Waals surface area contributed by atoms with Crippen molar-refractivity contribution in [3.63, 3.8) is 0 Å². The van der Waals surface area contributed by atoms with Gasteiger partial charge in [-0.05, 0) is 24.3 Å². The Bertz CT molecular complexity index is 366. The number of hydrogen-bond acceptors (Lipinski definition) is 2. The van der Waals surface area contributed by atoms with E-state index in [0.29, 0.717) is 5.15 Å². The lowest BCUT2D eigenvalue weighted by molar-refractivity contribution is 1.30. The van der Waals surface area contributed by atoms with E-state index in [-0.39, 0.29) is 0 Å². The van der Waals surface area contributed by atoms with Crippen LogP contribution in [-0.2, 0) is 0 Å². The van der Waals surface area contributed by atoms with Gasteiger partial charge >= 0.3 is 0 Å². The molecule has 0 fully saturated rings. The molecule has 0 spiro atoms. The third kappa shape index (κ3) is 2.00. The van der Waals surface area contributed by atoms with Gasteiger partial charge in [-0.1, -0.05) is 11.6 Å². The molecule has 0 aliphatic heterocycles. The molecule has 0 unspecified atom stereocenters. The Balaban J connectivity index is 2.15. The molecule has 0 amide bonds. The molecule has 2 N–H and O–H groups in total. The Labute approximate surface area is 80.8 Å². The number of nitrogens with one attached hydrogen (secondary N) is 2. The maximum Gasteiger partial charge on any atom is 0.129 e. The van der Waals surface area contributed by atoms with Gasteiger partial charge in [0.2, 0.25) is 0 Å². The second-order valence-electron chi connectivity index (χ2n) is 2.58. The summed E-state index contributed by atoms with van der Waals surface area (Å²) in [5, 5.41) is 3.63. The van der Waals surface area contributed by atoms with E-state index in [2.05, 4.69) is 15.3 Å². The zero-order valence-corrected chi connectivity index (χ0v) is 7.55. The smallest absolute Gasteiger partial charge is 0.129 e. The van der Waals surface area contributed by atoms with Gasteiger partial charge in [-0.3, -0.25) is 0 Å². The summed E-state index contributed by atoms with van der Waals surface area (Å²) < 4.78 is 0. The molecule has 2 aromatic rings. The molecular weight excluding hydrogens is 186 g/mol. The van der Waals surface area contributed by atoms with Gasteiger partial charge in [-0.15, -0.1) is 0 Å². The summed E-state index contributed by atoms with van der Waals surface area (Å²) in [6, 6.07) is 7.48. The number of aromatic nitrogens is 2. The number of H-pyrrole nitrogens is 1. The predicted octanol–water partition coefficient (Wildman–Crippen LogP) is 2.81. The monoisotopic (exact) mass is 193 g/mol. The lowest BCUT2D eigenvalue weighted by atomic mass is 10.4. The lowest BCUT2D eigenvalue weighted by Gasteiger charge is -2.02. The highest BCUT2D eigenvalue weighted by molar-refractivity contribution is 6.29. The van der Waals surface area contributed by atoms with Crippen LogP contribution in [-0.4, -0.2) is 9.97 Å². The SMILES string of the molecule is Clc1ccc(Nc2ccc[nH]2)cn1. The van der Waals surface area contributed by atoms with Gasteiger partial charge in [0, 0.05) is 6.20 Å². The van der Waals surface area contributed by atoms with Crippen LogP contribution in [0.2, 0.25) is 5.15 Å². The summed E-state index contributed by atoms with van der Waals surface area (Å²) in [7, 11) is 0. The Morgan fingerprint density at radius 2 is 2.23 bits per heavy atom. The van der Waals surface area contributed by atoms with Crippen LogP contribution in [0.5, 0.6) is 0 Å². The molecule has 0 atom stereocenters. The normalized spacial score (nSPS) is 9.92. The molecule has 66 valence electrons. The van der Waals surface area contributed by atoms with Crippen LogP contribution in [0.1, 0.15) is 0 Å². The van der Waals surface area contributed by atoms with Crippen molar-refractivity contribution >= 4 is 23.1 Å². The van der Waals surface area contributed by atoms with Crippen molar-refractivity contribution in [2.45, 2.75) is 0 Å². The van der Waals surface area contributed by atoms with Crippen molar-refractivity contribution in [3.8, 4) is 0 Å². The van der Waals surface area contributed by atoms with Gasteiger partial charge in [0.1, 0.15) is 11.0 Å². The summed E-state index contributed by atoms with van der Waals surface area (Å²) >= 11 is 5.65. The minimum atomic E-state index is 0.497. The largest absolute Gasteiger partial charge is 0.348 e. The number of pyridine rings is 1. The van der Waals surface area contributed by atoms with Crippen LogP contribution in [0.25, 0.3) is 0 Å². The van der Waals surface area contributed by atoms with Gasteiger partial charge < -0.3 is 10.3 Å². The molecule has 0 aromatic carbocycles. The van der Waals surface area contributed by atoms with Crippen molar-refractivity contribution in [1.82, 2.24) is 9.97 Å². The number of aromatic amines is 1. The van der Waals surface area contributed by atoms with Gasteiger partial charge in [0.15, 0.2) is 0 Å². The molecule has 2 aromatic heterocycles. The number of anilines is 2. The van der Waals surface area contributed by atoms with E-state index < -0.39 is 0 Å². The second-order valence-corrected chi connectivity index (χ2v) is 2.97. The van der Waals surface area contributed by atoms with E-state index in [1.54, 1.807) is 12.3 Å². The molecule has 3 nitrogen and oxygen atoms in total. The maximum atomic E-state index is 5.65. The molecule has 0 aliphatic rings. The summed E-state index contributed by atoms with van der Waals surface area (Å²) in [6.45, 7) is 0. The fourth-order valence-corrected chi connectivity index (χ4v) is 1.13. The zero-order chi connectivity index (χ0) is 9.10. The number of halogens is 1. The summed E-state index contributed by atoms with van der Waals surface area (Å²) in [4.78, 5) is 6.98. The average molecular weight is 194 g/mol. The van der Waals surface area contributed by atoms with E-state index >= 15 is 0 Å². The van der Waals surface area contributed by atoms with Crippen LogP contribution in [0.15, 0.2) is 36.7 Å². The number of nitrogens with zero attached hydrogens (tertiary/aromatic N) is 1.